The maximum absolute atomic E-state index is 11.9. The molecule has 0 aliphatic heterocycles. The molecule has 0 atom stereocenters. The van der Waals surface area contributed by atoms with Crippen molar-refractivity contribution in [3.63, 3.8) is 0 Å². The minimum atomic E-state index is -1.20. The first-order valence-corrected chi connectivity index (χ1v) is 8.84. The van der Waals surface area contributed by atoms with Crippen LogP contribution in [-0.2, 0) is 24.0 Å². The fourth-order valence-electron chi connectivity index (χ4n) is 2.48. The molecule has 0 aromatic heterocycles. The summed E-state index contributed by atoms with van der Waals surface area (Å²) < 4.78 is 0. The van der Waals surface area contributed by atoms with Crippen LogP contribution in [0.1, 0.15) is 6.92 Å². The lowest BCUT2D eigenvalue weighted by molar-refractivity contribution is -0.143. The van der Waals surface area contributed by atoms with Gasteiger partial charge in [0.1, 0.15) is 0 Å². The zero-order valence-corrected chi connectivity index (χ0v) is 16.2. The van der Waals surface area contributed by atoms with Gasteiger partial charge in [-0.25, -0.2) is 0 Å². The summed E-state index contributed by atoms with van der Waals surface area (Å²) in [5, 5.41) is 38.2. The molecule has 13 nitrogen and oxygen atoms in total. The molecule has 0 aromatic carbocycles. The molecule has 0 radical (unpaired) electrons. The summed E-state index contributed by atoms with van der Waals surface area (Å²) in [6.07, 6.45) is 0. The number of amides is 1. The van der Waals surface area contributed by atoms with Gasteiger partial charge < -0.3 is 25.7 Å². The van der Waals surface area contributed by atoms with Crippen molar-refractivity contribution in [1.29, 1.82) is 0 Å². The molecule has 1 amide bonds. The third kappa shape index (κ3) is 14.9. The highest BCUT2D eigenvalue weighted by Crippen LogP contribution is 1.97. The van der Waals surface area contributed by atoms with Crippen molar-refractivity contribution in [1.82, 2.24) is 20.0 Å². The number of rotatable bonds is 17. The minimum absolute atomic E-state index is 0.0376. The normalized spacial score (nSPS) is 11.0. The van der Waals surface area contributed by atoms with Gasteiger partial charge in [-0.05, 0) is 6.92 Å². The van der Waals surface area contributed by atoms with E-state index in [-0.39, 0.29) is 38.6 Å². The average Bonchev–Trinajstić information content (AvgIpc) is 2.54. The second-order valence-electron chi connectivity index (χ2n) is 6.23. The lowest BCUT2D eigenvalue weighted by Crippen LogP contribution is -2.47. The summed E-state index contributed by atoms with van der Waals surface area (Å²) in [5.74, 6) is -5.11. The third-order valence-corrected chi connectivity index (χ3v) is 3.64. The highest BCUT2D eigenvalue weighted by atomic mass is 16.4. The predicted octanol–water partition coefficient (Wildman–Crippen LogP) is -2.63. The van der Waals surface area contributed by atoms with Crippen molar-refractivity contribution in [3.05, 3.63) is 0 Å². The van der Waals surface area contributed by atoms with Crippen molar-refractivity contribution >= 4 is 29.8 Å². The first kappa shape index (κ1) is 26.2. The fraction of sp³-hybridized carbons (Fsp3) is 0.688. The van der Waals surface area contributed by atoms with E-state index in [1.165, 1.54) is 9.80 Å². The molecule has 0 unspecified atom stereocenters. The molecular weight excluding hydrogens is 392 g/mol. The molecule has 166 valence electrons. The van der Waals surface area contributed by atoms with Crippen LogP contribution >= 0.6 is 0 Å². The van der Waals surface area contributed by atoms with Gasteiger partial charge in [-0.1, -0.05) is 0 Å². The Bertz CT molecular complexity index is 513. The fourth-order valence-corrected chi connectivity index (χ4v) is 2.48. The Morgan fingerprint density at radius 1 is 0.586 bits per heavy atom. The second kappa shape index (κ2) is 14.3. The van der Waals surface area contributed by atoms with Gasteiger partial charge in [-0.15, -0.1) is 0 Å². The van der Waals surface area contributed by atoms with E-state index in [2.05, 4.69) is 5.32 Å². The van der Waals surface area contributed by atoms with Crippen LogP contribution in [0.3, 0.4) is 0 Å². The lowest BCUT2D eigenvalue weighted by atomic mass is 10.3. The molecule has 0 spiro atoms. The standard InChI is InChI=1S/C16H28N4O9/c1-2-17-12(21)7-18(3-5-19(8-13(22)23)9-14(24)25)4-6-20(10-15(26)27)11-16(28)29/h2-11H2,1H3,(H,17,21)(H,22,23)(H,24,25)(H,26,27)(H,28,29). The minimum Gasteiger partial charge on any atom is -0.480 e. The number of carboxylic acids is 4. The van der Waals surface area contributed by atoms with E-state index >= 15 is 0 Å². The molecule has 0 aromatic rings. The topological polar surface area (TPSA) is 188 Å². The third-order valence-electron chi connectivity index (χ3n) is 3.64. The highest BCUT2D eigenvalue weighted by molar-refractivity contribution is 5.78. The predicted molar refractivity (Wildman–Crippen MR) is 98.5 cm³/mol. The molecule has 0 fully saturated rings. The van der Waals surface area contributed by atoms with Gasteiger partial charge in [0.2, 0.25) is 5.91 Å². The van der Waals surface area contributed by atoms with Gasteiger partial charge in [0.15, 0.2) is 0 Å². The maximum Gasteiger partial charge on any atom is 0.317 e. The Morgan fingerprint density at radius 3 is 1.17 bits per heavy atom. The summed E-state index contributed by atoms with van der Waals surface area (Å²) in [4.78, 5) is 59.4. The van der Waals surface area contributed by atoms with Gasteiger partial charge in [0.05, 0.1) is 32.7 Å². The summed E-state index contributed by atoms with van der Waals surface area (Å²) in [6.45, 7) is 0.388. The van der Waals surface area contributed by atoms with E-state index in [9.17, 15) is 24.0 Å². The van der Waals surface area contributed by atoms with Crippen LogP contribution in [0.5, 0.6) is 0 Å². The van der Waals surface area contributed by atoms with Crippen LogP contribution < -0.4 is 5.32 Å². The zero-order chi connectivity index (χ0) is 22.4. The van der Waals surface area contributed by atoms with Gasteiger partial charge in [0.25, 0.3) is 0 Å². The molecule has 0 saturated heterocycles. The lowest BCUT2D eigenvalue weighted by Gasteiger charge is -2.27. The molecule has 13 heteroatoms. The molecular formula is C16H28N4O9. The number of aliphatic carboxylic acids is 4. The summed E-state index contributed by atoms with van der Waals surface area (Å²) in [5.41, 5.74) is 0. The number of nitrogens with one attached hydrogen (secondary N) is 1. The van der Waals surface area contributed by atoms with Crippen LogP contribution in [0.4, 0.5) is 0 Å². The van der Waals surface area contributed by atoms with Crippen LogP contribution in [0.25, 0.3) is 0 Å². The molecule has 0 aliphatic carbocycles. The number of carbonyl (C=O) groups is 5. The summed E-state index contributed by atoms with van der Waals surface area (Å²) >= 11 is 0. The first-order chi connectivity index (χ1) is 13.5. The number of carboxylic acid groups (broad SMARTS) is 4. The van der Waals surface area contributed by atoms with Gasteiger partial charge in [0, 0.05) is 32.7 Å². The van der Waals surface area contributed by atoms with Crippen molar-refractivity contribution < 1.29 is 44.4 Å². The number of hydrogen-bond acceptors (Lipinski definition) is 8. The quantitative estimate of drug-likeness (QED) is 0.165. The zero-order valence-electron chi connectivity index (χ0n) is 16.2. The van der Waals surface area contributed by atoms with Crippen molar-refractivity contribution in [2.75, 3.05) is 65.4 Å². The summed E-state index contributed by atoms with van der Waals surface area (Å²) in [6, 6.07) is 0. The summed E-state index contributed by atoms with van der Waals surface area (Å²) in [7, 11) is 0. The Morgan fingerprint density at radius 2 is 0.897 bits per heavy atom. The Hall–Kier alpha value is -2.77. The highest BCUT2D eigenvalue weighted by Gasteiger charge is 2.19. The number of nitrogens with zero attached hydrogens (tertiary/aromatic N) is 3. The number of likely N-dealkylation sites (N-methyl/N-ethyl adjacent to an activating group) is 1. The van der Waals surface area contributed by atoms with Crippen LogP contribution in [0.2, 0.25) is 0 Å². The Kier molecular flexibility index (Phi) is 12.9. The average molecular weight is 420 g/mol. The molecule has 0 bridgehead atoms. The molecule has 0 rings (SSSR count). The van der Waals surface area contributed by atoms with Crippen LogP contribution in [-0.4, -0.2) is 130 Å². The molecule has 0 heterocycles. The largest absolute Gasteiger partial charge is 0.480 e. The van der Waals surface area contributed by atoms with Gasteiger partial charge >= 0.3 is 23.9 Å². The Labute approximate surface area is 167 Å². The van der Waals surface area contributed by atoms with E-state index in [0.29, 0.717) is 6.54 Å². The van der Waals surface area contributed by atoms with Crippen LogP contribution in [0, 0.1) is 0 Å². The Balaban J connectivity index is 5.02. The number of carbonyl (C=O) groups excluding carboxylic acids is 1. The smallest absolute Gasteiger partial charge is 0.317 e. The van der Waals surface area contributed by atoms with E-state index in [1.807, 2.05) is 0 Å². The maximum atomic E-state index is 11.9. The van der Waals surface area contributed by atoms with E-state index in [0.717, 1.165) is 0 Å². The molecule has 0 aliphatic rings. The van der Waals surface area contributed by atoms with E-state index < -0.39 is 50.1 Å². The van der Waals surface area contributed by atoms with E-state index in [4.69, 9.17) is 20.4 Å². The van der Waals surface area contributed by atoms with Crippen molar-refractivity contribution in [3.8, 4) is 0 Å². The van der Waals surface area contributed by atoms with Crippen molar-refractivity contribution in [2.24, 2.45) is 0 Å². The van der Waals surface area contributed by atoms with Gasteiger partial charge in [-0.3, -0.25) is 38.7 Å². The second-order valence-corrected chi connectivity index (χ2v) is 6.23. The monoisotopic (exact) mass is 420 g/mol. The van der Waals surface area contributed by atoms with Crippen LogP contribution in [0.15, 0.2) is 0 Å². The molecule has 5 N–H and O–H groups in total. The first-order valence-electron chi connectivity index (χ1n) is 8.84. The van der Waals surface area contributed by atoms with Crippen molar-refractivity contribution in [2.45, 2.75) is 6.92 Å². The van der Waals surface area contributed by atoms with E-state index in [1.54, 1.807) is 11.8 Å². The van der Waals surface area contributed by atoms with Gasteiger partial charge in [-0.2, -0.15) is 0 Å². The molecule has 0 saturated carbocycles. The molecule has 29 heavy (non-hydrogen) atoms. The number of hydrogen-bond donors (Lipinski definition) is 5. The SMILES string of the molecule is CCNC(=O)CN(CCN(CC(=O)O)CC(=O)O)CCN(CC(=O)O)CC(=O)O.